The lowest BCUT2D eigenvalue weighted by Crippen LogP contribution is -2.58. The molecular formula is C24H35N5O3. The van der Waals surface area contributed by atoms with Crippen molar-refractivity contribution < 1.29 is 14.4 Å². The molecule has 0 bridgehead atoms. The summed E-state index contributed by atoms with van der Waals surface area (Å²) in [5.74, 6) is -0.284. The molecule has 0 saturated carbocycles. The molecule has 8 nitrogen and oxygen atoms in total. The van der Waals surface area contributed by atoms with Crippen LogP contribution in [0.15, 0.2) is 18.2 Å². The number of aryl methyl sites for hydroxylation is 1. The fourth-order valence-corrected chi connectivity index (χ4v) is 5.27. The van der Waals surface area contributed by atoms with Gasteiger partial charge in [-0.15, -0.1) is 0 Å². The molecule has 3 aliphatic heterocycles. The molecule has 3 unspecified atom stereocenters. The van der Waals surface area contributed by atoms with Gasteiger partial charge in [-0.2, -0.15) is 0 Å². The minimum Gasteiger partial charge on any atom is -0.362 e. The van der Waals surface area contributed by atoms with E-state index in [9.17, 15) is 14.4 Å². The van der Waals surface area contributed by atoms with Gasteiger partial charge in [0.05, 0.1) is 5.56 Å². The molecule has 1 spiro atoms. The largest absolute Gasteiger partial charge is 0.362 e. The molecule has 2 fully saturated rings. The van der Waals surface area contributed by atoms with Crippen LogP contribution in [0.1, 0.15) is 61.9 Å². The minimum atomic E-state index is -0.677. The maximum absolute atomic E-state index is 12.9. The second kappa shape index (κ2) is 9.10. The van der Waals surface area contributed by atoms with Gasteiger partial charge < -0.3 is 20.9 Å². The van der Waals surface area contributed by atoms with Crippen LogP contribution in [0.3, 0.4) is 0 Å². The van der Waals surface area contributed by atoms with Gasteiger partial charge in [-0.3, -0.25) is 19.3 Å². The first-order valence-corrected chi connectivity index (χ1v) is 11.8. The van der Waals surface area contributed by atoms with E-state index in [1.807, 2.05) is 25.1 Å². The zero-order valence-corrected chi connectivity index (χ0v) is 19.4. The Hall–Kier alpha value is -2.61. The Morgan fingerprint density at radius 1 is 1.25 bits per heavy atom. The van der Waals surface area contributed by atoms with E-state index in [-0.39, 0.29) is 24.1 Å². The summed E-state index contributed by atoms with van der Waals surface area (Å²) in [6.45, 7) is 9.04. The molecule has 8 heteroatoms. The Morgan fingerprint density at radius 3 is 2.84 bits per heavy atom. The topological polar surface area (TPSA) is 93.8 Å². The molecule has 2 saturated heterocycles. The average molecular weight is 442 g/mol. The van der Waals surface area contributed by atoms with Crippen molar-refractivity contribution in [1.29, 1.82) is 0 Å². The highest BCUT2D eigenvalue weighted by atomic mass is 16.2. The molecule has 0 aromatic heterocycles. The van der Waals surface area contributed by atoms with E-state index in [0.717, 1.165) is 37.2 Å². The van der Waals surface area contributed by atoms with Crippen molar-refractivity contribution in [2.75, 3.05) is 31.5 Å². The summed E-state index contributed by atoms with van der Waals surface area (Å²) in [6.07, 6.45) is 3.57. The first-order chi connectivity index (χ1) is 15.3. The molecule has 3 aliphatic rings. The van der Waals surface area contributed by atoms with Gasteiger partial charge in [0.15, 0.2) is 0 Å². The summed E-state index contributed by atoms with van der Waals surface area (Å²) in [6, 6.07) is 5.55. The third-order valence-electron chi connectivity index (χ3n) is 7.28. The zero-order chi connectivity index (χ0) is 22.9. The molecule has 174 valence electrons. The van der Waals surface area contributed by atoms with Crippen LogP contribution < -0.4 is 16.0 Å². The lowest BCUT2D eigenvalue weighted by Gasteiger charge is -2.40. The molecule has 3 atom stereocenters. The van der Waals surface area contributed by atoms with Gasteiger partial charge in [0.2, 0.25) is 11.8 Å². The third-order valence-corrected chi connectivity index (χ3v) is 7.28. The van der Waals surface area contributed by atoms with E-state index in [1.54, 1.807) is 11.8 Å². The standard InChI is InChI=1S/C24H35N5O3/c1-4-28-12-5-6-18(28)15-25-22(31)17(3)29-13-11-24(10-9-21(29)30)26-20-14-16(2)7-8-19(20)23(32)27-24/h7-8,14,17-18,26H,4-6,9-13,15H2,1-3H3,(H,25,31)(H,27,32). The second-order valence-electron chi connectivity index (χ2n) is 9.39. The van der Waals surface area contributed by atoms with E-state index in [4.69, 9.17) is 0 Å². The third kappa shape index (κ3) is 4.46. The first kappa shape index (κ1) is 22.6. The fourth-order valence-electron chi connectivity index (χ4n) is 5.27. The second-order valence-corrected chi connectivity index (χ2v) is 9.39. The monoisotopic (exact) mass is 441 g/mol. The highest BCUT2D eigenvalue weighted by Gasteiger charge is 2.42. The molecule has 0 aliphatic carbocycles. The first-order valence-electron chi connectivity index (χ1n) is 11.8. The number of nitrogens with zero attached hydrogens (tertiary/aromatic N) is 2. The fraction of sp³-hybridized carbons (Fsp3) is 0.625. The SMILES string of the molecule is CCN1CCCC1CNC(=O)C(C)N1CCC2(CCC1=O)NC(=O)c1ccc(C)cc1N2. The summed E-state index contributed by atoms with van der Waals surface area (Å²) >= 11 is 0. The van der Waals surface area contributed by atoms with Crippen LogP contribution in [0.4, 0.5) is 5.69 Å². The quantitative estimate of drug-likeness (QED) is 0.648. The molecule has 3 heterocycles. The van der Waals surface area contributed by atoms with Crippen molar-refractivity contribution in [3.05, 3.63) is 29.3 Å². The van der Waals surface area contributed by atoms with Gasteiger partial charge in [-0.1, -0.05) is 13.0 Å². The molecular weight excluding hydrogens is 406 g/mol. The summed E-state index contributed by atoms with van der Waals surface area (Å²) < 4.78 is 0. The predicted octanol–water partition coefficient (Wildman–Crippen LogP) is 1.85. The smallest absolute Gasteiger partial charge is 0.255 e. The maximum atomic E-state index is 12.9. The minimum absolute atomic E-state index is 0.0494. The summed E-state index contributed by atoms with van der Waals surface area (Å²) in [5.41, 5.74) is 1.82. The molecule has 1 aromatic carbocycles. The van der Waals surface area contributed by atoms with Crippen LogP contribution in [0, 0.1) is 6.92 Å². The molecule has 4 rings (SSSR count). The highest BCUT2D eigenvalue weighted by Crippen LogP contribution is 2.32. The maximum Gasteiger partial charge on any atom is 0.255 e. The summed E-state index contributed by atoms with van der Waals surface area (Å²) in [7, 11) is 0. The van der Waals surface area contributed by atoms with Crippen LogP contribution in [-0.4, -0.2) is 71.4 Å². The van der Waals surface area contributed by atoms with Crippen molar-refractivity contribution in [1.82, 2.24) is 20.4 Å². The highest BCUT2D eigenvalue weighted by molar-refractivity contribution is 6.02. The number of carbonyl (C=O) groups is 3. The lowest BCUT2D eigenvalue weighted by atomic mass is 9.94. The molecule has 32 heavy (non-hydrogen) atoms. The Morgan fingerprint density at radius 2 is 2.06 bits per heavy atom. The van der Waals surface area contributed by atoms with Gasteiger partial charge in [0.25, 0.3) is 5.91 Å². The van der Waals surface area contributed by atoms with Gasteiger partial charge in [-0.25, -0.2) is 0 Å². The van der Waals surface area contributed by atoms with E-state index >= 15 is 0 Å². The number of carbonyl (C=O) groups excluding carboxylic acids is 3. The molecule has 3 N–H and O–H groups in total. The van der Waals surface area contributed by atoms with Crippen LogP contribution in [0.2, 0.25) is 0 Å². The van der Waals surface area contributed by atoms with E-state index in [0.29, 0.717) is 37.5 Å². The normalized spacial score (nSPS) is 26.8. The van der Waals surface area contributed by atoms with E-state index < -0.39 is 11.7 Å². The van der Waals surface area contributed by atoms with Crippen LogP contribution in [0.5, 0.6) is 0 Å². The number of fused-ring (bicyclic) bond motifs is 1. The Kier molecular flexibility index (Phi) is 6.42. The van der Waals surface area contributed by atoms with Gasteiger partial charge in [0.1, 0.15) is 11.7 Å². The Labute approximate surface area is 190 Å². The van der Waals surface area contributed by atoms with Crippen LogP contribution in [-0.2, 0) is 9.59 Å². The number of hydrogen-bond acceptors (Lipinski definition) is 5. The van der Waals surface area contributed by atoms with Gasteiger partial charge in [-0.05, 0) is 63.9 Å². The number of nitrogens with one attached hydrogen (secondary N) is 3. The number of likely N-dealkylation sites (tertiary alicyclic amines) is 2. The van der Waals surface area contributed by atoms with Crippen molar-refractivity contribution >= 4 is 23.4 Å². The number of benzene rings is 1. The van der Waals surface area contributed by atoms with E-state index in [1.165, 1.54) is 0 Å². The van der Waals surface area contributed by atoms with Crippen molar-refractivity contribution in [2.24, 2.45) is 0 Å². The van der Waals surface area contributed by atoms with Crippen molar-refractivity contribution in [3.8, 4) is 0 Å². The molecule has 3 amide bonds. The number of likely N-dealkylation sites (N-methyl/N-ethyl adjacent to an activating group) is 1. The molecule has 0 radical (unpaired) electrons. The predicted molar refractivity (Wildman–Crippen MR) is 123 cm³/mol. The molecule has 1 aromatic rings. The number of anilines is 1. The Bertz CT molecular complexity index is 904. The summed E-state index contributed by atoms with van der Waals surface area (Å²) in [5, 5.41) is 9.65. The van der Waals surface area contributed by atoms with Crippen molar-refractivity contribution in [2.45, 2.75) is 70.6 Å². The number of rotatable bonds is 5. The van der Waals surface area contributed by atoms with Gasteiger partial charge >= 0.3 is 0 Å². The zero-order valence-electron chi connectivity index (χ0n) is 19.4. The average Bonchev–Trinajstić information content (AvgIpc) is 3.17. The van der Waals surface area contributed by atoms with Crippen molar-refractivity contribution in [3.63, 3.8) is 0 Å². The van der Waals surface area contributed by atoms with Gasteiger partial charge in [0, 0.05) is 37.7 Å². The number of amides is 3. The van der Waals surface area contributed by atoms with Crippen LogP contribution >= 0.6 is 0 Å². The van der Waals surface area contributed by atoms with E-state index in [2.05, 4.69) is 27.8 Å². The summed E-state index contributed by atoms with van der Waals surface area (Å²) in [4.78, 5) is 42.6. The Balaban J connectivity index is 1.40. The lowest BCUT2D eigenvalue weighted by molar-refractivity contribution is -0.139. The number of hydrogen-bond donors (Lipinski definition) is 3. The van der Waals surface area contributed by atoms with Crippen LogP contribution in [0.25, 0.3) is 0 Å².